The van der Waals surface area contributed by atoms with E-state index in [0.29, 0.717) is 27.9 Å². The van der Waals surface area contributed by atoms with Gasteiger partial charge in [-0.2, -0.15) is 0 Å². The van der Waals surface area contributed by atoms with Gasteiger partial charge in [0.2, 0.25) is 0 Å². The molecule has 0 radical (unpaired) electrons. The Bertz CT molecular complexity index is 600. The Kier molecular flexibility index (Phi) is 3.94. The van der Waals surface area contributed by atoms with Gasteiger partial charge in [-0.1, -0.05) is 11.6 Å². The fraction of sp³-hybridized carbons (Fsp3) is 0.0833. The maximum Gasteiger partial charge on any atom is 0.257 e. The lowest BCUT2D eigenvalue weighted by Gasteiger charge is -2.07. The summed E-state index contributed by atoms with van der Waals surface area (Å²) >= 11 is 5.72. The van der Waals surface area contributed by atoms with Crippen molar-refractivity contribution < 1.29 is 4.79 Å². The smallest absolute Gasteiger partial charge is 0.257 e. The number of aryl methyl sites for hydroxylation is 1. The monoisotopic (exact) mass is 277 g/mol. The van der Waals surface area contributed by atoms with E-state index in [1.165, 1.54) is 6.20 Å². The van der Waals surface area contributed by atoms with Crippen molar-refractivity contribution in [3.63, 3.8) is 0 Å². The summed E-state index contributed by atoms with van der Waals surface area (Å²) in [6.07, 6.45) is 1.46. The van der Waals surface area contributed by atoms with Crippen molar-refractivity contribution in [1.82, 2.24) is 9.97 Å². The van der Waals surface area contributed by atoms with Gasteiger partial charge >= 0.3 is 0 Å². The fourth-order valence-electron chi connectivity index (χ4n) is 1.51. The number of nitrogens with two attached hydrogens (primary N) is 1. The van der Waals surface area contributed by atoms with E-state index in [0.717, 1.165) is 0 Å². The molecule has 0 fully saturated rings. The van der Waals surface area contributed by atoms with Crippen LogP contribution in [-0.2, 0) is 0 Å². The summed E-state index contributed by atoms with van der Waals surface area (Å²) in [7, 11) is 0. The number of carbonyl (C=O) groups is 1. The first-order valence-corrected chi connectivity index (χ1v) is 5.84. The Hall–Kier alpha value is -2.18. The standard InChI is InChI=1S/C12H12ClN5O/c1-7-4-8(5-11(16-7)18-14)12(19)17-10-3-2-9(13)6-15-10/h2-6H,14H2,1H3,(H,16,18)(H,15,17,19). The van der Waals surface area contributed by atoms with Gasteiger partial charge in [0.05, 0.1) is 5.02 Å². The van der Waals surface area contributed by atoms with Gasteiger partial charge in [0.15, 0.2) is 0 Å². The number of aromatic nitrogens is 2. The lowest BCUT2D eigenvalue weighted by molar-refractivity contribution is 0.102. The average Bonchev–Trinajstić information content (AvgIpc) is 2.40. The number of hydrazine groups is 1. The van der Waals surface area contributed by atoms with Crippen molar-refractivity contribution in [2.24, 2.45) is 5.84 Å². The van der Waals surface area contributed by atoms with Gasteiger partial charge in [-0.15, -0.1) is 0 Å². The summed E-state index contributed by atoms with van der Waals surface area (Å²) in [5, 5.41) is 3.17. The second-order valence-electron chi connectivity index (χ2n) is 3.84. The van der Waals surface area contributed by atoms with E-state index >= 15 is 0 Å². The average molecular weight is 278 g/mol. The SMILES string of the molecule is Cc1cc(C(=O)Nc2ccc(Cl)cn2)cc(NN)n1. The molecule has 0 saturated heterocycles. The van der Waals surface area contributed by atoms with Crippen LogP contribution in [0.5, 0.6) is 0 Å². The molecule has 98 valence electrons. The maximum absolute atomic E-state index is 12.0. The second-order valence-corrected chi connectivity index (χ2v) is 4.28. The number of nitrogens with zero attached hydrogens (tertiary/aromatic N) is 2. The highest BCUT2D eigenvalue weighted by Gasteiger charge is 2.09. The van der Waals surface area contributed by atoms with Crippen LogP contribution in [0, 0.1) is 6.92 Å². The Balaban J connectivity index is 2.20. The number of nitrogens with one attached hydrogen (secondary N) is 2. The third kappa shape index (κ3) is 3.40. The van der Waals surface area contributed by atoms with Crippen LogP contribution in [0.1, 0.15) is 16.1 Å². The molecule has 0 spiro atoms. The van der Waals surface area contributed by atoms with E-state index in [-0.39, 0.29) is 5.91 Å². The minimum absolute atomic E-state index is 0.295. The van der Waals surface area contributed by atoms with Crippen LogP contribution in [0.25, 0.3) is 0 Å². The molecule has 2 rings (SSSR count). The molecule has 2 aromatic rings. The van der Waals surface area contributed by atoms with Crippen LogP contribution >= 0.6 is 11.6 Å². The van der Waals surface area contributed by atoms with Crippen LogP contribution in [0.2, 0.25) is 5.02 Å². The van der Waals surface area contributed by atoms with E-state index in [1.807, 2.05) is 0 Å². The summed E-state index contributed by atoms with van der Waals surface area (Å²) in [6, 6.07) is 6.48. The third-order valence-corrected chi connectivity index (χ3v) is 2.56. The molecule has 0 unspecified atom stereocenters. The predicted molar refractivity (Wildman–Crippen MR) is 74.0 cm³/mol. The zero-order valence-electron chi connectivity index (χ0n) is 10.1. The highest BCUT2D eigenvalue weighted by atomic mass is 35.5. The summed E-state index contributed by atoms with van der Waals surface area (Å²) < 4.78 is 0. The molecule has 7 heteroatoms. The molecule has 4 N–H and O–H groups in total. The minimum atomic E-state index is -0.295. The molecule has 2 aromatic heterocycles. The number of anilines is 2. The van der Waals surface area contributed by atoms with Crippen molar-refractivity contribution in [3.8, 4) is 0 Å². The van der Waals surface area contributed by atoms with Gasteiger partial charge in [-0.3, -0.25) is 4.79 Å². The van der Waals surface area contributed by atoms with Gasteiger partial charge in [0.1, 0.15) is 11.6 Å². The second kappa shape index (κ2) is 5.64. The van der Waals surface area contributed by atoms with E-state index < -0.39 is 0 Å². The molecule has 0 aromatic carbocycles. The lowest BCUT2D eigenvalue weighted by atomic mass is 10.2. The highest BCUT2D eigenvalue weighted by Crippen LogP contribution is 2.13. The molecule has 0 saturated carbocycles. The molecule has 0 bridgehead atoms. The summed E-state index contributed by atoms with van der Waals surface area (Å²) in [4.78, 5) is 20.1. The van der Waals surface area contributed by atoms with Crippen molar-refractivity contribution in [2.75, 3.05) is 10.7 Å². The quantitative estimate of drug-likeness (QED) is 0.589. The van der Waals surface area contributed by atoms with Crippen LogP contribution in [-0.4, -0.2) is 15.9 Å². The molecule has 0 atom stereocenters. The van der Waals surface area contributed by atoms with Crippen molar-refractivity contribution in [3.05, 3.63) is 46.7 Å². The predicted octanol–water partition coefficient (Wildman–Crippen LogP) is 1.98. The first kappa shape index (κ1) is 13.3. The normalized spacial score (nSPS) is 10.1. The molecule has 0 aliphatic rings. The van der Waals surface area contributed by atoms with Crippen molar-refractivity contribution >= 4 is 29.1 Å². The lowest BCUT2D eigenvalue weighted by Crippen LogP contribution is -2.15. The van der Waals surface area contributed by atoms with E-state index in [9.17, 15) is 4.79 Å². The molecular formula is C12H12ClN5O. The number of halogens is 1. The van der Waals surface area contributed by atoms with Crippen LogP contribution in [0.3, 0.4) is 0 Å². The molecule has 0 aliphatic heterocycles. The number of hydrogen-bond acceptors (Lipinski definition) is 5. The van der Waals surface area contributed by atoms with E-state index in [1.54, 1.807) is 31.2 Å². The van der Waals surface area contributed by atoms with Crippen LogP contribution < -0.4 is 16.6 Å². The zero-order valence-corrected chi connectivity index (χ0v) is 10.9. The Morgan fingerprint density at radius 3 is 2.74 bits per heavy atom. The Labute approximate surface area is 115 Å². The number of pyridine rings is 2. The first-order chi connectivity index (χ1) is 9.08. The zero-order chi connectivity index (χ0) is 13.8. The number of nitrogen functional groups attached to an aromatic ring is 1. The van der Waals surface area contributed by atoms with Crippen LogP contribution in [0.15, 0.2) is 30.5 Å². The number of carbonyl (C=O) groups excluding carboxylic acids is 1. The van der Waals surface area contributed by atoms with Gasteiger partial charge in [-0.25, -0.2) is 15.8 Å². The summed E-state index contributed by atoms with van der Waals surface area (Å²) in [5.41, 5.74) is 3.54. The van der Waals surface area contributed by atoms with Crippen LogP contribution in [0.4, 0.5) is 11.6 Å². The van der Waals surface area contributed by atoms with E-state index in [4.69, 9.17) is 17.4 Å². The topological polar surface area (TPSA) is 92.9 Å². The Morgan fingerprint density at radius 2 is 2.11 bits per heavy atom. The third-order valence-electron chi connectivity index (χ3n) is 2.33. The molecule has 0 aliphatic carbocycles. The van der Waals surface area contributed by atoms with Gasteiger partial charge in [0.25, 0.3) is 5.91 Å². The highest BCUT2D eigenvalue weighted by molar-refractivity contribution is 6.30. The summed E-state index contributed by atoms with van der Waals surface area (Å²) in [5.74, 6) is 5.84. The number of amides is 1. The maximum atomic E-state index is 12.0. The number of hydrogen-bond donors (Lipinski definition) is 3. The molecular weight excluding hydrogens is 266 g/mol. The van der Waals surface area contributed by atoms with E-state index in [2.05, 4.69) is 20.7 Å². The first-order valence-electron chi connectivity index (χ1n) is 5.46. The van der Waals surface area contributed by atoms with Gasteiger partial charge in [-0.05, 0) is 31.2 Å². The van der Waals surface area contributed by atoms with Crippen molar-refractivity contribution in [2.45, 2.75) is 6.92 Å². The molecule has 2 heterocycles. The Morgan fingerprint density at radius 1 is 1.32 bits per heavy atom. The molecule has 1 amide bonds. The molecule has 19 heavy (non-hydrogen) atoms. The largest absolute Gasteiger partial charge is 0.308 e. The summed E-state index contributed by atoms with van der Waals surface area (Å²) in [6.45, 7) is 1.78. The minimum Gasteiger partial charge on any atom is -0.308 e. The molecule has 6 nitrogen and oxygen atoms in total. The fourth-order valence-corrected chi connectivity index (χ4v) is 1.62. The van der Waals surface area contributed by atoms with Crippen molar-refractivity contribution in [1.29, 1.82) is 0 Å². The number of rotatable bonds is 3. The van der Waals surface area contributed by atoms with Gasteiger partial charge in [0, 0.05) is 17.5 Å². The van der Waals surface area contributed by atoms with Gasteiger partial charge < -0.3 is 10.7 Å².